The van der Waals surface area contributed by atoms with Crippen LogP contribution in [0.2, 0.25) is 0 Å². The van der Waals surface area contributed by atoms with E-state index >= 15 is 0 Å². The molecule has 144 valence electrons. The number of nitrogens with one attached hydrogen (secondary N) is 1. The molecule has 3 heterocycles. The van der Waals surface area contributed by atoms with Gasteiger partial charge in [0.1, 0.15) is 11.9 Å². The summed E-state index contributed by atoms with van der Waals surface area (Å²) < 4.78 is 52.9. The lowest BCUT2D eigenvalue weighted by Crippen LogP contribution is -2.64. The van der Waals surface area contributed by atoms with Gasteiger partial charge in [-0.15, -0.1) is 21.5 Å². The summed E-state index contributed by atoms with van der Waals surface area (Å²) >= 11 is 6.11. The number of carbonyl (C=O) groups is 1. The summed E-state index contributed by atoms with van der Waals surface area (Å²) in [6.07, 6.45) is -1.72. The minimum atomic E-state index is -4.69. The molecule has 6 nitrogen and oxygen atoms in total. The molecular formula is C16H14ClF4N5O. The van der Waals surface area contributed by atoms with E-state index in [2.05, 4.69) is 15.5 Å². The number of benzene rings is 1. The SMILES string of the molecule is O=C(Nc1ccc(C(F)(F)F)c(-n2ncc(F)n2)c1)N1C2CC(Cl)CC1C2. The van der Waals surface area contributed by atoms with Crippen LogP contribution in [-0.2, 0) is 6.18 Å². The molecule has 0 saturated carbocycles. The number of urea groups is 1. The summed E-state index contributed by atoms with van der Waals surface area (Å²) in [5.41, 5.74) is -1.39. The molecule has 11 heteroatoms. The Morgan fingerprint density at radius 3 is 2.52 bits per heavy atom. The highest BCUT2D eigenvalue weighted by Gasteiger charge is 2.47. The second-order valence-corrected chi connectivity index (χ2v) is 7.25. The maximum absolute atomic E-state index is 13.2. The van der Waals surface area contributed by atoms with Gasteiger partial charge < -0.3 is 10.2 Å². The van der Waals surface area contributed by atoms with Crippen molar-refractivity contribution in [2.45, 2.75) is 42.9 Å². The molecule has 2 aliphatic rings. The van der Waals surface area contributed by atoms with E-state index < -0.39 is 29.4 Å². The average Bonchev–Trinajstić information content (AvgIpc) is 2.99. The largest absolute Gasteiger partial charge is 0.418 e. The number of amides is 2. The summed E-state index contributed by atoms with van der Waals surface area (Å²) in [4.78, 5) is 14.7. The summed E-state index contributed by atoms with van der Waals surface area (Å²) in [5.74, 6) is -1.01. The van der Waals surface area contributed by atoms with E-state index in [1.54, 1.807) is 4.90 Å². The van der Waals surface area contributed by atoms with Gasteiger partial charge in [-0.25, -0.2) is 4.79 Å². The van der Waals surface area contributed by atoms with Gasteiger partial charge in [0, 0.05) is 23.1 Å². The molecule has 2 aromatic rings. The zero-order valence-corrected chi connectivity index (χ0v) is 14.5. The van der Waals surface area contributed by atoms with Crippen molar-refractivity contribution in [3.8, 4) is 5.69 Å². The minimum absolute atomic E-state index is 0.0382. The van der Waals surface area contributed by atoms with E-state index in [1.807, 2.05) is 0 Å². The van der Waals surface area contributed by atoms with Crippen LogP contribution < -0.4 is 5.32 Å². The van der Waals surface area contributed by atoms with Crippen LogP contribution in [0.3, 0.4) is 0 Å². The highest BCUT2D eigenvalue weighted by Crippen LogP contribution is 2.41. The first-order valence-corrected chi connectivity index (χ1v) is 8.69. The Bertz CT molecular complexity index is 874. The van der Waals surface area contributed by atoms with Crippen LogP contribution in [0.4, 0.5) is 28.0 Å². The van der Waals surface area contributed by atoms with E-state index in [-0.39, 0.29) is 23.1 Å². The first-order chi connectivity index (χ1) is 12.7. The number of rotatable bonds is 2. The number of fused-ring (bicyclic) bond motifs is 2. The first-order valence-electron chi connectivity index (χ1n) is 8.25. The molecule has 1 aromatic heterocycles. The Labute approximate surface area is 156 Å². The molecule has 2 atom stereocenters. The number of piperidine rings is 1. The molecule has 4 rings (SSSR count). The van der Waals surface area contributed by atoms with Gasteiger partial charge in [-0.2, -0.15) is 22.7 Å². The molecule has 2 aliphatic heterocycles. The van der Waals surface area contributed by atoms with Crippen LogP contribution in [0.5, 0.6) is 0 Å². The van der Waals surface area contributed by atoms with Crippen molar-refractivity contribution in [1.29, 1.82) is 0 Å². The highest BCUT2D eigenvalue weighted by atomic mass is 35.5. The molecule has 2 unspecified atom stereocenters. The third-order valence-corrected chi connectivity index (χ3v) is 5.21. The molecule has 0 spiro atoms. The fraction of sp³-hybridized carbons (Fsp3) is 0.438. The van der Waals surface area contributed by atoms with Crippen LogP contribution in [0.1, 0.15) is 24.8 Å². The Hall–Kier alpha value is -2.36. The van der Waals surface area contributed by atoms with Crippen molar-refractivity contribution in [2.24, 2.45) is 0 Å². The van der Waals surface area contributed by atoms with E-state index in [1.165, 1.54) is 0 Å². The molecule has 1 N–H and O–H groups in total. The monoisotopic (exact) mass is 403 g/mol. The van der Waals surface area contributed by atoms with Crippen LogP contribution in [-0.4, -0.2) is 43.4 Å². The van der Waals surface area contributed by atoms with Crippen LogP contribution in [0.25, 0.3) is 5.69 Å². The van der Waals surface area contributed by atoms with Gasteiger partial charge in [0.25, 0.3) is 5.95 Å². The quantitative estimate of drug-likeness (QED) is 0.613. The maximum Gasteiger partial charge on any atom is 0.418 e. The molecule has 1 aromatic carbocycles. The summed E-state index contributed by atoms with van der Waals surface area (Å²) in [7, 11) is 0. The molecule has 0 radical (unpaired) electrons. The lowest BCUT2D eigenvalue weighted by atomic mass is 9.80. The predicted octanol–water partition coefficient (Wildman–Crippen LogP) is 3.80. The number of alkyl halides is 4. The number of hydrogen-bond donors (Lipinski definition) is 1. The number of carbonyl (C=O) groups excluding carboxylic acids is 1. The van der Waals surface area contributed by atoms with Gasteiger partial charge in [-0.3, -0.25) is 0 Å². The summed E-state index contributed by atoms with van der Waals surface area (Å²) in [6, 6.07) is 2.70. The maximum atomic E-state index is 13.2. The smallest absolute Gasteiger partial charge is 0.318 e. The third kappa shape index (κ3) is 3.33. The van der Waals surface area contributed by atoms with Gasteiger partial charge in [-0.1, -0.05) is 0 Å². The highest BCUT2D eigenvalue weighted by molar-refractivity contribution is 6.20. The predicted molar refractivity (Wildman–Crippen MR) is 88.2 cm³/mol. The number of nitrogens with zero attached hydrogens (tertiary/aromatic N) is 4. The van der Waals surface area contributed by atoms with Gasteiger partial charge in [0.15, 0.2) is 0 Å². The molecule has 2 bridgehead atoms. The van der Waals surface area contributed by atoms with Crippen LogP contribution >= 0.6 is 11.6 Å². The molecule has 2 fully saturated rings. The lowest BCUT2D eigenvalue weighted by molar-refractivity contribution is -0.137. The van der Waals surface area contributed by atoms with Crippen molar-refractivity contribution in [1.82, 2.24) is 19.9 Å². The molecule has 2 saturated heterocycles. The molecule has 2 amide bonds. The van der Waals surface area contributed by atoms with E-state index in [0.717, 1.165) is 24.6 Å². The Kier molecular flexibility index (Phi) is 4.25. The molecule has 0 aliphatic carbocycles. The number of aromatic nitrogens is 3. The van der Waals surface area contributed by atoms with Gasteiger partial charge >= 0.3 is 12.2 Å². The topological polar surface area (TPSA) is 63.1 Å². The zero-order valence-electron chi connectivity index (χ0n) is 13.7. The molecular weight excluding hydrogens is 390 g/mol. The van der Waals surface area contributed by atoms with Crippen molar-refractivity contribution in [3.63, 3.8) is 0 Å². The Balaban J connectivity index is 1.60. The first kappa shape index (κ1) is 18.0. The van der Waals surface area contributed by atoms with Crippen molar-refractivity contribution < 1.29 is 22.4 Å². The molecule has 27 heavy (non-hydrogen) atoms. The standard InChI is InChI=1S/C16H14ClF4N5O/c17-8-3-10-6-11(4-8)25(10)15(27)23-9-1-2-12(16(19,20)21)13(5-9)26-22-7-14(18)24-26/h1-2,5,7-8,10-11H,3-4,6H2,(H,23,27). The van der Waals surface area contributed by atoms with Crippen molar-refractivity contribution in [2.75, 3.05) is 5.32 Å². The zero-order chi connectivity index (χ0) is 19.3. The van der Waals surface area contributed by atoms with Gasteiger partial charge in [0.05, 0.1) is 5.56 Å². The summed E-state index contributed by atoms with van der Waals surface area (Å²) in [5, 5.41) is 9.42. The van der Waals surface area contributed by atoms with Gasteiger partial charge in [0.2, 0.25) is 0 Å². The Morgan fingerprint density at radius 2 is 1.93 bits per heavy atom. The third-order valence-electron chi connectivity index (χ3n) is 4.85. The number of hydrogen-bond acceptors (Lipinski definition) is 3. The van der Waals surface area contributed by atoms with Crippen LogP contribution in [0, 0.1) is 5.95 Å². The second-order valence-electron chi connectivity index (χ2n) is 6.64. The number of anilines is 1. The Morgan fingerprint density at radius 1 is 1.22 bits per heavy atom. The average molecular weight is 404 g/mol. The fourth-order valence-corrected chi connectivity index (χ4v) is 4.11. The minimum Gasteiger partial charge on any atom is -0.318 e. The summed E-state index contributed by atoms with van der Waals surface area (Å²) in [6.45, 7) is 0. The second kappa shape index (κ2) is 6.36. The van der Waals surface area contributed by atoms with Crippen molar-refractivity contribution >= 4 is 23.3 Å². The normalized spacial score (nSPS) is 24.5. The van der Waals surface area contributed by atoms with Crippen LogP contribution in [0.15, 0.2) is 24.4 Å². The van der Waals surface area contributed by atoms with Gasteiger partial charge in [-0.05, 0) is 37.5 Å². The van der Waals surface area contributed by atoms with Crippen molar-refractivity contribution in [3.05, 3.63) is 35.9 Å². The lowest BCUT2D eigenvalue weighted by Gasteiger charge is -2.54. The van der Waals surface area contributed by atoms with E-state index in [4.69, 9.17) is 11.6 Å². The fourth-order valence-electron chi connectivity index (χ4n) is 3.70. The van der Waals surface area contributed by atoms with E-state index in [9.17, 15) is 22.4 Å². The van der Waals surface area contributed by atoms with E-state index in [0.29, 0.717) is 23.8 Å². The number of halogens is 5.